The molecule has 7 nitrogen and oxygen atoms in total. The number of likely N-dealkylation sites (tertiary alicyclic amines) is 1. The molecule has 0 spiro atoms. The molecule has 3 aromatic rings. The highest BCUT2D eigenvalue weighted by Gasteiger charge is 2.42. The molecule has 0 aromatic heterocycles. The number of hydrogen-bond acceptors (Lipinski definition) is 6. The third-order valence-electron chi connectivity index (χ3n) is 8.54. The summed E-state index contributed by atoms with van der Waals surface area (Å²) >= 11 is 3.58. The zero-order chi connectivity index (χ0) is 31.1. The van der Waals surface area contributed by atoms with Crippen LogP contribution in [0.4, 0.5) is 11.4 Å². The molecule has 2 fully saturated rings. The molecule has 0 atom stereocenters. The number of ether oxygens (including phenoxy) is 2. The Morgan fingerprint density at radius 2 is 1.93 bits per heavy atom. The molecule has 2 aliphatic rings. The fourth-order valence-corrected chi connectivity index (χ4v) is 6.17. The Morgan fingerprint density at radius 1 is 1.16 bits per heavy atom. The molecule has 44 heavy (non-hydrogen) atoms. The van der Waals surface area contributed by atoms with Gasteiger partial charge in [0.15, 0.2) is 0 Å². The maximum absolute atomic E-state index is 13.1. The van der Waals surface area contributed by atoms with E-state index in [4.69, 9.17) is 21.2 Å². The zero-order valence-electron chi connectivity index (χ0n) is 25.4. The standard InChI is InChI=1S/C35H38BBrN4O3/c1-3-25-7-8-26(31(36)18-25)22-43-29-5-4-6-30(20-29)44-28-9-15-41(16-10-28)21-33(42)40-34-24(2)17-27(37)19-32(34)39-23-35(11-12-35)13-14-38/h1,4-8,17-20,28,39H,9-13,15-16,21-23,36H2,2H3,(H,40,42). The molecule has 0 bridgehead atoms. The molecule has 5 rings (SSSR count). The van der Waals surface area contributed by atoms with Gasteiger partial charge in [0.2, 0.25) is 5.91 Å². The van der Waals surface area contributed by atoms with E-state index in [0.29, 0.717) is 19.6 Å². The number of terminal acetylenes is 1. The van der Waals surface area contributed by atoms with E-state index < -0.39 is 0 Å². The third-order valence-corrected chi connectivity index (χ3v) is 9.00. The van der Waals surface area contributed by atoms with E-state index in [1.54, 1.807) is 0 Å². The molecule has 0 unspecified atom stereocenters. The molecular weight excluding hydrogens is 615 g/mol. The van der Waals surface area contributed by atoms with Crippen molar-refractivity contribution in [1.29, 1.82) is 5.26 Å². The minimum Gasteiger partial charge on any atom is -0.490 e. The number of nitrogens with zero attached hydrogens (tertiary/aromatic N) is 2. The van der Waals surface area contributed by atoms with Crippen molar-refractivity contribution in [2.24, 2.45) is 5.41 Å². The van der Waals surface area contributed by atoms with Crippen LogP contribution in [0.3, 0.4) is 0 Å². The second-order valence-corrected chi connectivity index (χ2v) is 12.9. The first-order valence-electron chi connectivity index (χ1n) is 15.1. The SMILES string of the molecule is Bc1cc(C#C)ccc1COc1cccc(OC2CCN(CC(=O)Nc3c(C)cc(Br)cc3NCC3(CC#N)CC3)CC2)c1. The van der Waals surface area contributed by atoms with E-state index in [-0.39, 0.29) is 17.4 Å². The second-order valence-electron chi connectivity index (χ2n) is 12.0. The first-order valence-corrected chi connectivity index (χ1v) is 15.9. The minimum atomic E-state index is -0.0370. The molecule has 1 aliphatic heterocycles. The van der Waals surface area contributed by atoms with Crippen molar-refractivity contribution in [3.05, 3.63) is 75.8 Å². The third kappa shape index (κ3) is 8.37. The van der Waals surface area contributed by atoms with E-state index in [1.807, 2.05) is 69.4 Å². The second kappa shape index (κ2) is 14.2. The molecule has 1 saturated heterocycles. The molecule has 1 amide bonds. The van der Waals surface area contributed by atoms with Gasteiger partial charge in [0.1, 0.15) is 32.1 Å². The molecule has 1 aliphatic carbocycles. The summed E-state index contributed by atoms with van der Waals surface area (Å²) in [6, 6.07) is 20.0. The largest absolute Gasteiger partial charge is 0.490 e. The van der Waals surface area contributed by atoms with Gasteiger partial charge in [0, 0.05) is 47.6 Å². The Labute approximate surface area is 269 Å². The summed E-state index contributed by atoms with van der Waals surface area (Å²) < 4.78 is 13.3. The molecule has 0 radical (unpaired) electrons. The number of halogens is 1. The number of rotatable bonds is 12. The summed E-state index contributed by atoms with van der Waals surface area (Å²) in [5, 5.41) is 15.8. The number of amides is 1. The van der Waals surface area contributed by atoms with E-state index >= 15 is 0 Å². The van der Waals surface area contributed by atoms with Crippen LogP contribution in [0.5, 0.6) is 11.5 Å². The number of carbonyl (C=O) groups excluding carboxylic acids is 1. The average Bonchev–Trinajstić information content (AvgIpc) is 3.78. The monoisotopic (exact) mass is 652 g/mol. The number of carbonyl (C=O) groups is 1. The van der Waals surface area contributed by atoms with Crippen molar-refractivity contribution in [3.63, 3.8) is 0 Å². The van der Waals surface area contributed by atoms with Gasteiger partial charge in [-0.15, -0.1) is 6.42 Å². The molecule has 226 valence electrons. The Bertz CT molecular complexity index is 1590. The van der Waals surface area contributed by atoms with E-state index in [2.05, 4.69) is 43.5 Å². The van der Waals surface area contributed by atoms with Gasteiger partial charge in [-0.1, -0.05) is 45.5 Å². The van der Waals surface area contributed by atoms with Gasteiger partial charge < -0.3 is 20.1 Å². The fourth-order valence-electron chi connectivity index (χ4n) is 5.60. The number of hydrogen-bond donors (Lipinski definition) is 2. The lowest BCUT2D eigenvalue weighted by atomic mass is 9.89. The molecule has 1 heterocycles. The molecule has 9 heteroatoms. The Hall–Kier alpha value is -3.92. The van der Waals surface area contributed by atoms with Gasteiger partial charge in [0.25, 0.3) is 0 Å². The number of piperidine rings is 1. The van der Waals surface area contributed by atoms with Crippen molar-refractivity contribution in [1.82, 2.24) is 4.90 Å². The van der Waals surface area contributed by atoms with Crippen LogP contribution in [0.2, 0.25) is 0 Å². The lowest BCUT2D eigenvalue weighted by Gasteiger charge is -2.31. The van der Waals surface area contributed by atoms with Crippen molar-refractivity contribution < 1.29 is 14.3 Å². The van der Waals surface area contributed by atoms with Gasteiger partial charge >= 0.3 is 0 Å². The van der Waals surface area contributed by atoms with Crippen molar-refractivity contribution in [2.45, 2.75) is 51.7 Å². The summed E-state index contributed by atoms with van der Waals surface area (Å²) in [7, 11) is 2.04. The van der Waals surface area contributed by atoms with Crippen LogP contribution in [0.15, 0.2) is 59.1 Å². The Morgan fingerprint density at radius 3 is 2.64 bits per heavy atom. The van der Waals surface area contributed by atoms with Crippen LogP contribution < -0.4 is 25.6 Å². The Balaban J connectivity index is 1.09. The molecule has 1 saturated carbocycles. The highest BCUT2D eigenvalue weighted by molar-refractivity contribution is 9.10. The number of nitrogens with one attached hydrogen (secondary N) is 2. The van der Waals surface area contributed by atoms with Crippen molar-refractivity contribution in [2.75, 3.05) is 36.8 Å². The zero-order valence-corrected chi connectivity index (χ0v) is 27.0. The average molecular weight is 653 g/mol. The normalized spacial score (nSPS) is 15.9. The first kappa shape index (κ1) is 31.5. The summed E-state index contributed by atoms with van der Waals surface area (Å²) in [6.45, 7) is 5.06. The van der Waals surface area contributed by atoms with Gasteiger partial charge in [-0.25, -0.2) is 0 Å². The number of aryl methyl sites for hydroxylation is 1. The predicted octanol–water partition coefficient (Wildman–Crippen LogP) is 5.16. The molecular formula is C35H38BBrN4O3. The van der Waals surface area contributed by atoms with Crippen LogP contribution in [0, 0.1) is 36.0 Å². The topological polar surface area (TPSA) is 86.6 Å². The fraction of sp³-hybridized carbons (Fsp3) is 0.371. The number of benzene rings is 3. The maximum atomic E-state index is 13.1. The van der Waals surface area contributed by atoms with E-state index in [9.17, 15) is 4.79 Å². The smallest absolute Gasteiger partial charge is 0.238 e. The highest BCUT2D eigenvalue weighted by atomic mass is 79.9. The van der Waals surface area contributed by atoms with Crippen LogP contribution in [-0.2, 0) is 11.4 Å². The minimum absolute atomic E-state index is 0.0370. The summed E-state index contributed by atoms with van der Waals surface area (Å²) in [6.07, 6.45) is 9.93. The summed E-state index contributed by atoms with van der Waals surface area (Å²) in [4.78, 5) is 15.3. The Kier molecular flexibility index (Phi) is 10.2. The maximum Gasteiger partial charge on any atom is 0.238 e. The summed E-state index contributed by atoms with van der Waals surface area (Å²) in [5.41, 5.74) is 5.78. The van der Waals surface area contributed by atoms with Crippen LogP contribution in [0.25, 0.3) is 0 Å². The first-order chi connectivity index (χ1) is 21.3. The molecule has 2 N–H and O–H groups in total. The lowest BCUT2D eigenvalue weighted by molar-refractivity contribution is -0.117. The number of nitriles is 1. The highest BCUT2D eigenvalue weighted by Crippen LogP contribution is 2.49. The summed E-state index contributed by atoms with van der Waals surface area (Å²) in [5.74, 6) is 4.17. The predicted molar refractivity (Wildman–Crippen MR) is 181 cm³/mol. The molecule has 3 aromatic carbocycles. The van der Waals surface area contributed by atoms with Crippen LogP contribution >= 0.6 is 15.9 Å². The van der Waals surface area contributed by atoms with Crippen LogP contribution in [0.1, 0.15) is 48.8 Å². The van der Waals surface area contributed by atoms with Gasteiger partial charge in [-0.05, 0) is 74.1 Å². The van der Waals surface area contributed by atoms with Gasteiger partial charge in [-0.3, -0.25) is 9.69 Å². The number of anilines is 2. The van der Waals surface area contributed by atoms with E-state index in [0.717, 1.165) is 94.8 Å². The van der Waals surface area contributed by atoms with Crippen LogP contribution in [-0.4, -0.2) is 50.9 Å². The lowest BCUT2D eigenvalue weighted by Crippen LogP contribution is -2.42. The van der Waals surface area contributed by atoms with Crippen molar-refractivity contribution >= 4 is 46.5 Å². The van der Waals surface area contributed by atoms with Gasteiger partial charge in [0.05, 0.1) is 24.0 Å². The van der Waals surface area contributed by atoms with Crippen molar-refractivity contribution in [3.8, 4) is 29.9 Å². The van der Waals surface area contributed by atoms with E-state index in [1.165, 1.54) is 0 Å². The quantitative estimate of drug-likeness (QED) is 0.208. The van der Waals surface area contributed by atoms with Gasteiger partial charge in [-0.2, -0.15) is 5.26 Å².